The first kappa shape index (κ1) is 17.6. The molecule has 3 heterocycles. The average molecular weight is 393 g/mol. The fourth-order valence-electron chi connectivity index (χ4n) is 3.31. The van der Waals surface area contributed by atoms with Crippen LogP contribution in [0, 0.1) is 5.82 Å². The van der Waals surface area contributed by atoms with Crippen LogP contribution in [0.2, 0.25) is 0 Å². The largest absolute Gasteiger partial charge is 0.444 e. The molecule has 1 aliphatic rings. The Bertz CT molecular complexity index is 1180. The molecule has 0 unspecified atom stereocenters. The lowest BCUT2D eigenvalue weighted by Gasteiger charge is -2.26. The van der Waals surface area contributed by atoms with Crippen LogP contribution in [0.4, 0.5) is 4.39 Å². The highest BCUT2D eigenvalue weighted by Gasteiger charge is 2.21. The summed E-state index contributed by atoms with van der Waals surface area (Å²) < 4.78 is 29.4. The fraction of sp³-hybridized carbons (Fsp3) is 0.190. The van der Waals surface area contributed by atoms with Crippen LogP contribution in [0.3, 0.4) is 0 Å². The van der Waals surface area contributed by atoms with Crippen molar-refractivity contribution in [2.45, 2.75) is 0 Å². The number of hydrogen-bond acceptors (Lipinski definition) is 6. The van der Waals surface area contributed by atoms with Crippen LogP contribution in [-0.4, -0.2) is 47.3 Å². The normalized spacial score (nSPS) is 14.4. The highest BCUT2D eigenvalue weighted by atomic mass is 19.1. The summed E-state index contributed by atoms with van der Waals surface area (Å²) in [5.41, 5.74) is 2.69. The summed E-state index contributed by atoms with van der Waals surface area (Å²) in [5.74, 6) is -0.0494. The molecule has 0 spiro atoms. The van der Waals surface area contributed by atoms with E-state index in [1.54, 1.807) is 35.2 Å². The van der Waals surface area contributed by atoms with Gasteiger partial charge in [0.15, 0.2) is 5.58 Å². The Labute approximate surface area is 164 Å². The van der Waals surface area contributed by atoms with E-state index in [1.807, 2.05) is 0 Å². The summed E-state index contributed by atoms with van der Waals surface area (Å²) in [4.78, 5) is 19.0. The second-order valence-corrected chi connectivity index (χ2v) is 6.69. The molecule has 2 aromatic carbocycles. The fourth-order valence-corrected chi connectivity index (χ4v) is 3.31. The standard InChI is InChI=1S/C21H16FN3O4/c22-15-4-1-13(2-5-15)20-23-17(12-28-20)19-16-11-14(3-6-18(16)29-24-19)21(26)25-7-9-27-10-8-25/h1-6,11-12H,7-10H2. The number of nitrogens with zero attached hydrogens (tertiary/aromatic N) is 3. The molecule has 0 aliphatic carbocycles. The molecule has 1 fully saturated rings. The van der Waals surface area contributed by atoms with E-state index in [4.69, 9.17) is 13.7 Å². The van der Waals surface area contributed by atoms with E-state index >= 15 is 0 Å². The monoisotopic (exact) mass is 393 g/mol. The van der Waals surface area contributed by atoms with Crippen LogP contribution < -0.4 is 0 Å². The SMILES string of the molecule is O=C(c1ccc2onc(-c3coc(-c4ccc(F)cc4)n3)c2c1)N1CCOCC1. The quantitative estimate of drug-likeness (QED) is 0.527. The van der Waals surface area contributed by atoms with Gasteiger partial charge in [0.2, 0.25) is 5.89 Å². The van der Waals surface area contributed by atoms with E-state index in [1.165, 1.54) is 18.4 Å². The van der Waals surface area contributed by atoms with Crippen molar-refractivity contribution in [3.8, 4) is 22.8 Å². The maximum atomic E-state index is 13.1. The first-order valence-electron chi connectivity index (χ1n) is 9.17. The van der Waals surface area contributed by atoms with Crippen molar-refractivity contribution in [1.82, 2.24) is 15.0 Å². The number of morpholine rings is 1. The predicted octanol–water partition coefficient (Wildman–Crippen LogP) is 3.76. The molecule has 5 rings (SSSR count). The van der Waals surface area contributed by atoms with Gasteiger partial charge >= 0.3 is 0 Å². The Balaban J connectivity index is 1.49. The molecule has 1 aliphatic heterocycles. The van der Waals surface area contributed by atoms with E-state index in [-0.39, 0.29) is 11.7 Å². The van der Waals surface area contributed by atoms with Crippen molar-refractivity contribution in [3.05, 3.63) is 60.1 Å². The van der Waals surface area contributed by atoms with Crippen LogP contribution in [0.1, 0.15) is 10.4 Å². The Morgan fingerprint density at radius 1 is 1.07 bits per heavy atom. The molecule has 29 heavy (non-hydrogen) atoms. The molecule has 4 aromatic rings. The summed E-state index contributed by atoms with van der Waals surface area (Å²) >= 11 is 0. The average Bonchev–Trinajstić information content (AvgIpc) is 3.41. The lowest BCUT2D eigenvalue weighted by atomic mass is 10.1. The molecule has 1 amide bonds. The minimum Gasteiger partial charge on any atom is -0.444 e. The lowest BCUT2D eigenvalue weighted by molar-refractivity contribution is 0.0303. The summed E-state index contributed by atoms with van der Waals surface area (Å²) in [6.07, 6.45) is 1.46. The zero-order chi connectivity index (χ0) is 19.8. The van der Waals surface area contributed by atoms with Gasteiger partial charge in [0.1, 0.15) is 23.5 Å². The number of fused-ring (bicyclic) bond motifs is 1. The van der Waals surface area contributed by atoms with E-state index in [9.17, 15) is 9.18 Å². The third-order valence-electron chi connectivity index (χ3n) is 4.85. The highest BCUT2D eigenvalue weighted by molar-refractivity contribution is 6.00. The van der Waals surface area contributed by atoms with Gasteiger partial charge in [-0.1, -0.05) is 5.16 Å². The van der Waals surface area contributed by atoms with E-state index in [0.717, 1.165) is 0 Å². The van der Waals surface area contributed by atoms with Crippen molar-refractivity contribution in [2.24, 2.45) is 0 Å². The molecule has 0 N–H and O–H groups in total. The molecule has 146 valence electrons. The highest BCUT2D eigenvalue weighted by Crippen LogP contribution is 2.30. The van der Waals surface area contributed by atoms with Gasteiger partial charge in [-0.25, -0.2) is 9.37 Å². The van der Waals surface area contributed by atoms with Crippen LogP contribution in [0.5, 0.6) is 0 Å². The van der Waals surface area contributed by atoms with Gasteiger partial charge in [-0.05, 0) is 42.5 Å². The second-order valence-electron chi connectivity index (χ2n) is 6.69. The van der Waals surface area contributed by atoms with Gasteiger partial charge in [-0.15, -0.1) is 0 Å². The van der Waals surface area contributed by atoms with Crippen molar-refractivity contribution in [2.75, 3.05) is 26.3 Å². The first-order chi connectivity index (χ1) is 14.2. The third-order valence-corrected chi connectivity index (χ3v) is 4.85. The number of rotatable bonds is 3. The van der Waals surface area contributed by atoms with Gasteiger partial charge in [-0.3, -0.25) is 4.79 Å². The Morgan fingerprint density at radius 3 is 2.66 bits per heavy atom. The number of benzene rings is 2. The predicted molar refractivity (Wildman–Crippen MR) is 102 cm³/mol. The summed E-state index contributed by atoms with van der Waals surface area (Å²) in [6.45, 7) is 2.21. The number of ether oxygens (including phenoxy) is 1. The van der Waals surface area contributed by atoms with Crippen LogP contribution in [0.25, 0.3) is 33.8 Å². The Morgan fingerprint density at radius 2 is 1.86 bits per heavy atom. The number of amides is 1. The maximum Gasteiger partial charge on any atom is 0.254 e. The summed E-state index contributed by atoms with van der Waals surface area (Å²) in [7, 11) is 0. The van der Waals surface area contributed by atoms with Crippen molar-refractivity contribution in [1.29, 1.82) is 0 Å². The number of carbonyl (C=O) groups is 1. The number of carbonyl (C=O) groups excluding carboxylic acids is 1. The van der Waals surface area contributed by atoms with Crippen molar-refractivity contribution in [3.63, 3.8) is 0 Å². The molecular formula is C21H16FN3O4. The molecule has 1 saturated heterocycles. The van der Waals surface area contributed by atoms with Gasteiger partial charge in [0.25, 0.3) is 5.91 Å². The van der Waals surface area contributed by atoms with E-state index in [2.05, 4.69) is 10.1 Å². The van der Waals surface area contributed by atoms with Crippen LogP contribution in [0.15, 0.2) is 57.7 Å². The minimum absolute atomic E-state index is 0.0606. The molecule has 0 atom stereocenters. The maximum absolute atomic E-state index is 13.1. The molecule has 0 saturated carbocycles. The number of hydrogen-bond donors (Lipinski definition) is 0. The Hall–Kier alpha value is -3.52. The first-order valence-corrected chi connectivity index (χ1v) is 9.17. The van der Waals surface area contributed by atoms with Crippen molar-refractivity contribution >= 4 is 16.9 Å². The van der Waals surface area contributed by atoms with Gasteiger partial charge in [-0.2, -0.15) is 0 Å². The lowest BCUT2D eigenvalue weighted by Crippen LogP contribution is -2.40. The van der Waals surface area contributed by atoms with Crippen LogP contribution in [-0.2, 0) is 4.74 Å². The molecule has 0 bridgehead atoms. The van der Waals surface area contributed by atoms with E-state index < -0.39 is 0 Å². The number of halogens is 1. The molecule has 0 radical (unpaired) electrons. The molecule has 7 nitrogen and oxygen atoms in total. The smallest absolute Gasteiger partial charge is 0.254 e. The molecular weight excluding hydrogens is 377 g/mol. The van der Waals surface area contributed by atoms with Gasteiger partial charge < -0.3 is 18.6 Å². The third kappa shape index (κ3) is 3.27. The van der Waals surface area contributed by atoms with Gasteiger partial charge in [0, 0.05) is 24.2 Å². The minimum atomic E-state index is -0.333. The Kier molecular flexibility index (Phi) is 4.33. The summed E-state index contributed by atoms with van der Waals surface area (Å²) in [6, 6.07) is 11.1. The van der Waals surface area contributed by atoms with Gasteiger partial charge in [0.05, 0.1) is 18.6 Å². The molecule has 2 aromatic heterocycles. The topological polar surface area (TPSA) is 81.6 Å². The van der Waals surface area contributed by atoms with Crippen molar-refractivity contribution < 1.29 is 22.9 Å². The zero-order valence-corrected chi connectivity index (χ0v) is 15.3. The molecule has 8 heteroatoms. The number of aromatic nitrogens is 2. The zero-order valence-electron chi connectivity index (χ0n) is 15.3. The second kappa shape index (κ2) is 7.14. The van der Waals surface area contributed by atoms with Crippen LogP contribution >= 0.6 is 0 Å². The van der Waals surface area contributed by atoms with E-state index in [0.29, 0.717) is 65.7 Å². The number of oxazole rings is 1. The summed E-state index contributed by atoms with van der Waals surface area (Å²) in [5, 5.41) is 4.77.